The fourth-order valence-electron chi connectivity index (χ4n) is 1.92. The third-order valence-corrected chi connectivity index (χ3v) is 3.82. The Labute approximate surface area is 147 Å². The van der Waals surface area contributed by atoms with Gasteiger partial charge >= 0.3 is 0 Å². The summed E-state index contributed by atoms with van der Waals surface area (Å²) < 4.78 is 1.01. The highest BCUT2D eigenvalue weighted by atomic mass is 79.9. The van der Waals surface area contributed by atoms with Crippen molar-refractivity contribution in [3.63, 3.8) is 0 Å². The quantitative estimate of drug-likeness (QED) is 0.519. The van der Waals surface area contributed by atoms with E-state index in [1.165, 1.54) is 0 Å². The molecule has 0 radical (unpaired) electrons. The van der Waals surface area contributed by atoms with Gasteiger partial charge in [-0.05, 0) is 42.5 Å². The summed E-state index contributed by atoms with van der Waals surface area (Å²) in [5, 5.41) is 5.15. The Kier molecular flexibility index (Phi) is 5.00. The average Bonchev–Trinajstić information content (AvgIpc) is 2.59. The Balaban J connectivity index is 1.96. The zero-order valence-electron chi connectivity index (χ0n) is 11.9. The topological polar surface area (TPSA) is 50.2 Å². The normalized spacial score (nSPS) is 11.3. The van der Waals surface area contributed by atoms with Crippen LogP contribution >= 0.6 is 27.5 Å². The molecule has 1 aromatic heterocycles. The van der Waals surface area contributed by atoms with Crippen molar-refractivity contribution >= 4 is 38.9 Å². The van der Waals surface area contributed by atoms with E-state index in [4.69, 9.17) is 11.6 Å². The highest BCUT2D eigenvalue weighted by molar-refractivity contribution is 9.10. The van der Waals surface area contributed by atoms with E-state index in [9.17, 15) is 0 Å². The number of aromatic nitrogens is 2. The maximum atomic E-state index is 5.96. The van der Waals surface area contributed by atoms with E-state index in [-0.39, 0.29) is 0 Å². The molecule has 3 rings (SSSR count). The van der Waals surface area contributed by atoms with Crippen molar-refractivity contribution in [2.75, 3.05) is 5.43 Å². The highest BCUT2D eigenvalue weighted by Gasteiger charge is 2.10. The standard InChI is InChI=1S/C17H12BrClN4/c18-13-4-8-15(9-5-13)22-23-16(17-20-10-1-11-21-17)12-2-6-14(19)7-3-12/h1-11,22H/b23-16-. The van der Waals surface area contributed by atoms with Crippen LogP contribution in [0.5, 0.6) is 0 Å². The predicted molar refractivity (Wildman–Crippen MR) is 96.9 cm³/mol. The molecule has 0 bridgehead atoms. The van der Waals surface area contributed by atoms with Crippen LogP contribution in [0.3, 0.4) is 0 Å². The molecule has 4 nitrogen and oxygen atoms in total. The number of halogens is 2. The number of nitrogens with one attached hydrogen (secondary N) is 1. The summed E-state index contributed by atoms with van der Waals surface area (Å²) in [7, 11) is 0. The minimum Gasteiger partial charge on any atom is -0.278 e. The van der Waals surface area contributed by atoms with Crippen LogP contribution in [0.25, 0.3) is 0 Å². The molecule has 1 heterocycles. The average molecular weight is 388 g/mol. The second kappa shape index (κ2) is 7.35. The lowest BCUT2D eigenvalue weighted by Gasteiger charge is -2.07. The monoisotopic (exact) mass is 386 g/mol. The number of hydrogen-bond donors (Lipinski definition) is 1. The van der Waals surface area contributed by atoms with Crippen molar-refractivity contribution < 1.29 is 0 Å². The van der Waals surface area contributed by atoms with Crippen LogP contribution in [-0.2, 0) is 0 Å². The second-order valence-electron chi connectivity index (χ2n) is 4.66. The van der Waals surface area contributed by atoms with Gasteiger partial charge in [0, 0.05) is 27.5 Å². The lowest BCUT2D eigenvalue weighted by Crippen LogP contribution is -2.10. The minimum absolute atomic E-state index is 0.541. The molecule has 0 unspecified atom stereocenters. The Bertz CT molecular complexity index is 802. The molecule has 0 amide bonds. The van der Waals surface area contributed by atoms with Gasteiger partial charge < -0.3 is 0 Å². The maximum absolute atomic E-state index is 5.96. The van der Waals surface area contributed by atoms with Gasteiger partial charge in [-0.2, -0.15) is 5.10 Å². The van der Waals surface area contributed by atoms with E-state index in [0.717, 1.165) is 15.7 Å². The van der Waals surface area contributed by atoms with Crippen LogP contribution in [0.1, 0.15) is 11.4 Å². The van der Waals surface area contributed by atoms with Crippen LogP contribution in [-0.4, -0.2) is 15.7 Å². The molecule has 1 N–H and O–H groups in total. The first-order valence-electron chi connectivity index (χ1n) is 6.85. The zero-order valence-corrected chi connectivity index (χ0v) is 14.3. The van der Waals surface area contributed by atoms with Crippen LogP contribution < -0.4 is 5.43 Å². The van der Waals surface area contributed by atoms with E-state index in [0.29, 0.717) is 16.6 Å². The molecule has 0 saturated heterocycles. The van der Waals surface area contributed by atoms with E-state index in [1.807, 2.05) is 48.5 Å². The third kappa shape index (κ3) is 4.15. The summed E-state index contributed by atoms with van der Waals surface area (Å²) >= 11 is 9.37. The lowest BCUT2D eigenvalue weighted by atomic mass is 10.1. The van der Waals surface area contributed by atoms with Gasteiger partial charge in [0.05, 0.1) is 5.69 Å². The summed E-state index contributed by atoms with van der Waals surface area (Å²) in [6.07, 6.45) is 3.38. The first-order valence-corrected chi connectivity index (χ1v) is 8.02. The van der Waals surface area contributed by atoms with Crippen molar-refractivity contribution in [1.82, 2.24) is 9.97 Å². The summed E-state index contributed by atoms with van der Waals surface area (Å²) in [4.78, 5) is 8.56. The maximum Gasteiger partial charge on any atom is 0.180 e. The van der Waals surface area contributed by atoms with Gasteiger partial charge in [0.1, 0.15) is 5.71 Å². The van der Waals surface area contributed by atoms with Gasteiger partial charge in [-0.1, -0.05) is 39.7 Å². The van der Waals surface area contributed by atoms with Crippen LogP contribution in [0.4, 0.5) is 5.69 Å². The van der Waals surface area contributed by atoms with Crippen molar-refractivity contribution in [2.45, 2.75) is 0 Å². The molecule has 2 aromatic carbocycles. The van der Waals surface area contributed by atoms with Crippen molar-refractivity contribution in [3.8, 4) is 0 Å². The molecular weight excluding hydrogens is 376 g/mol. The molecule has 0 atom stereocenters. The molecule has 0 spiro atoms. The molecule has 6 heteroatoms. The van der Waals surface area contributed by atoms with Gasteiger partial charge in [-0.15, -0.1) is 0 Å². The number of anilines is 1. The molecule has 0 aliphatic carbocycles. The summed E-state index contributed by atoms with van der Waals surface area (Å²) in [5.74, 6) is 0.541. The van der Waals surface area contributed by atoms with Crippen molar-refractivity contribution in [2.24, 2.45) is 5.10 Å². The lowest BCUT2D eigenvalue weighted by molar-refractivity contribution is 1.12. The predicted octanol–water partition coefficient (Wildman–Crippen LogP) is 4.76. The molecule has 23 heavy (non-hydrogen) atoms. The van der Waals surface area contributed by atoms with Crippen LogP contribution in [0.2, 0.25) is 5.02 Å². The van der Waals surface area contributed by atoms with Gasteiger partial charge in [0.2, 0.25) is 0 Å². The minimum atomic E-state index is 0.541. The van der Waals surface area contributed by atoms with Crippen molar-refractivity contribution in [3.05, 3.63) is 87.9 Å². The Morgan fingerprint density at radius 1 is 0.957 bits per heavy atom. The third-order valence-electron chi connectivity index (χ3n) is 3.04. The summed E-state index contributed by atoms with van der Waals surface area (Å²) in [5.41, 5.74) is 5.43. The molecule has 114 valence electrons. The number of nitrogens with zero attached hydrogens (tertiary/aromatic N) is 3. The largest absolute Gasteiger partial charge is 0.278 e. The fourth-order valence-corrected chi connectivity index (χ4v) is 2.31. The molecule has 3 aromatic rings. The van der Waals surface area contributed by atoms with E-state index < -0.39 is 0 Å². The molecule has 0 fully saturated rings. The molecule has 0 aliphatic rings. The first-order chi connectivity index (χ1) is 11.2. The second-order valence-corrected chi connectivity index (χ2v) is 6.01. The van der Waals surface area contributed by atoms with E-state index >= 15 is 0 Å². The van der Waals surface area contributed by atoms with Crippen molar-refractivity contribution in [1.29, 1.82) is 0 Å². The van der Waals surface area contributed by atoms with Gasteiger partial charge in [-0.3, -0.25) is 5.43 Å². The first kappa shape index (κ1) is 15.6. The zero-order chi connectivity index (χ0) is 16.1. The highest BCUT2D eigenvalue weighted by Crippen LogP contribution is 2.16. The smallest absolute Gasteiger partial charge is 0.180 e. The van der Waals surface area contributed by atoms with Gasteiger partial charge in [-0.25, -0.2) is 9.97 Å². The molecule has 0 saturated carbocycles. The molecular formula is C17H12BrClN4. The number of hydrazone groups is 1. The Hall–Kier alpha value is -2.24. The summed E-state index contributed by atoms with van der Waals surface area (Å²) in [6, 6.07) is 16.9. The SMILES string of the molecule is Clc1ccc(/C(=N/Nc2ccc(Br)cc2)c2ncccn2)cc1. The number of hydrogen-bond acceptors (Lipinski definition) is 4. The van der Waals surface area contributed by atoms with Gasteiger partial charge in [0.25, 0.3) is 0 Å². The Morgan fingerprint density at radius 2 is 1.61 bits per heavy atom. The fraction of sp³-hybridized carbons (Fsp3) is 0. The Morgan fingerprint density at radius 3 is 2.26 bits per heavy atom. The number of benzene rings is 2. The van der Waals surface area contributed by atoms with Gasteiger partial charge in [0.15, 0.2) is 5.82 Å². The van der Waals surface area contributed by atoms with E-state index in [2.05, 4.69) is 36.4 Å². The van der Waals surface area contributed by atoms with E-state index in [1.54, 1.807) is 18.5 Å². The van der Waals surface area contributed by atoms with Crippen LogP contribution in [0.15, 0.2) is 76.6 Å². The molecule has 0 aliphatic heterocycles. The van der Waals surface area contributed by atoms with Crippen LogP contribution in [0, 0.1) is 0 Å². The summed E-state index contributed by atoms with van der Waals surface area (Å²) in [6.45, 7) is 0. The number of rotatable bonds is 4.